The van der Waals surface area contributed by atoms with E-state index in [-0.39, 0.29) is 11.6 Å². The average molecular weight is 208 g/mol. The minimum absolute atomic E-state index is 0.0857. The summed E-state index contributed by atoms with van der Waals surface area (Å²) in [5, 5.41) is 3.33. The Hall–Kier alpha value is -1.36. The van der Waals surface area contributed by atoms with Crippen LogP contribution in [0.5, 0.6) is 0 Å². The third-order valence-corrected chi connectivity index (χ3v) is 2.59. The molecule has 0 aromatic carbocycles. The lowest BCUT2D eigenvalue weighted by atomic mass is 10.1. The first-order valence-electron chi connectivity index (χ1n) is 5.19. The predicted molar refractivity (Wildman–Crippen MR) is 59.2 cm³/mol. The van der Waals surface area contributed by atoms with Crippen LogP contribution in [0.2, 0.25) is 0 Å². The van der Waals surface area contributed by atoms with Gasteiger partial charge in [0.2, 0.25) is 5.95 Å². The lowest BCUT2D eigenvalue weighted by Crippen LogP contribution is -2.23. The molecule has 0 radical (unpaired) electrons. The van der Waals surface area contributed by atoms with Crippen molar-refractivity contribution in [1.82, 2.24) is 15.3 Å². The number of hydrogen-bond acceptors (Lipinski definition) is 4. The Morgan fingerprint density at radius 3 is 2.93 bits per heavy atom. The Kier molecular flexibility index (Phi) is 2.73. The van der Waals surface area contributed by atoms with Gasteiger partial charge in [-0.1, -0.05) is 0 Å². The van der Waals surface area contributed by atoms with E-state index in [1.54, 1.807) is 11.0 Å². The van der Waals surface area contributed by atoms with Crippen molar-refractivity contribution in [3.05, 3.63) is 22.1 Å². The Bertz CT molecular complexity index is 393. The van der Waals surface area contributed by atoms with Gasteiger partial charge in [-0.25, -0.2) is 4.98 Å². The lowest BCUT2D eigenvalue weighted by molar-refractivity contribution is 0.623. The maximum atomic E-state index is 11.4. The molecule has 5 heteroatoms. The van der Waals surface area contributed by atoms with E-state index in [4.69, 9.17) is 0 Å². The molecule has 1 fully saturated rings. The summed E-state index contributed by atoms with van der Waals surface area (Å²) in [4.78, 5) is 20.4. The first kappa shape index (κ1) is 10.2. The van der Waals surface area contributed by atoms with Crippen LogP contribution in [0.4, 0.5) is 5.95 Å². The molecule has 0 spiro atoms. The Balaban J connectivity index is 2.34. The van der Waals surface area contributed by atoms with Crippen molar-refractivity contribution < 1.29 is 0 Å². The van der Waals surface area contributed by atoms with Gasteiger partial charge in [-0.2, -0.15) is 0 Å². The van der Waals surface area contributed by atoms with E-state index >= 15 is 0 Å². The van der Waals surface area contributed by atoms with E-state index in [0.29, 0.717) is 5.95 Å². The van der Waals surface area contributed by atoms with Gasteiger partial charge < -0.3 is 10.2 Å². The number of aromatic amines is 1. The summed E-state index contributed by atoms with van der Waals surface area (Å²) in [6.07, 6.45) is 2.21. The highest BCUT2D eigenvalue weighted by molar-refractivity contribution is 5.28. The summed E-state index contributed by atoms with van der Waals surface area (Å²) in [5.74, 6) is 0.617. The fourth-order valence-corrected chi connectivity index (χ4v) is 1.79. The molecule has 0 aliphatic carbocycles. The summed E-state index contributed by atoms with van der Waals surface area (Å²) in [6.45, 7) is 1.01. The van der Waals surface area contributed by atoms with Crippen molar-refractivity contribution in [2.24, 2.45) is 0 Å². The molecule has 15 heavy (non-hydrogen) atoms. The second kappa shape index (κ2) is 4.02. The Morgan fingerprint density at radius 2 is 2.33 bits per heavy atom. The molecular formula is C10H16N4O. The summed E-state index contributed by atoms with van der Waals surface area (Å²) >= 11 is 0. The standard InChI is InChI=1S/C10H16N4O/c1-14(2)10-12-8(6-9(15)13-10)7-4-3-5-11-7/h6-7,11H,3-5H2,1-2H3,(H,12,13,15). The van der Waals surface area contributed by atoms with Crippen LogP contribution in [0.3, 0.4) is 0 Å². The van der Waals surface area contributed by atoms with Crippen LogP contribution in [0.25, 0.3) is 0 Å². The molecule has 2 heterocycles. The van der Waals surface area contributed by atoms with Gasteiger partial charge in [0, 0.05) is 26.2 Å². The molecular weight excluding hydrogens is 192 g/mol. The monoisotopic (exact) mass is 208 g/mol. The highest BCUT2D eigenvalue weighted by atomic mass is 16.1. The van der Waals surface area contributed by atoms with Crippen molar-refractivity contribution in [3.63, 3.8) is 0 Å². The third kappa shape index (κ3) is 2.18. The van der Waals surface area contributed by atoms with Gasteiger partial charge >= 0.3 is 0 Å². The number of H-pyrrole nitrogens is 1. The maximum absolute atomic E-state index is 11.4. The van der Waals surface area contributed by atoms with E-state index in [9.17, 15) is 4.79 Å². The minimum atomic E-state index is -0.0857. The van der Waals surface area contributed by atoms with Crippen LogP contribution in [0, 0.1) is 0 Å². The minimum Gasteiger partial charge on any atom is -0.348 e. The van der Waals surface area contributed by atoms with Gasteiger partial charge in [0.15, 0.2) is 0 Å². The normalized spacial score (nSPS) is 20.5. The van der Waals surface area contributed by atoms with Crippen molar-refractivity contribution in [2.75, 3.05) is 25.5 Å². The van der Waals surface area contributed by atoms with E-state index in [1.807, 2.05) is 14.1 Å². The molecule has 2 rings (SSSR count). The zero-order chi connectivity index (χ0) is 10.8. The number of hydrogen-bond donors (Lipinski definition) is 2. The van der Waals surface area contributed by atoms with Gasteiger partial charge in [-0.3, -0.25) is 9.78 Å². The number of nitrogens with one attached hydrogen (secondary N) is 2. The quantitative estimate of drug-likeness (QED) is 0.732. The molecule has 2 N–H and O–H groups in total. The highest BCUT2D eigenvalue weighted by Gasteiger charge is 2.18. The molecule has 1 aromatic rings. The smallest absolute Gasteiger partial charge is 0.252 e. The third-order valence-electron chi connectivity index (χ3n) is 2.59. The Morgan fingerprint density at radius 1 is 1.53 bits per heavy atom. The lowest BCUT2D eigenvalue weighted by Gasteiger charge is -2.14. The molecule has 0 saturated carbocycles. The fraction of sp³-hybridized carbons (Fsp3) is 0.600. The summed E-state index contributed by atoms with van der Waals surface area (Å²) < 4.78 is 0. The predicted octanol–water partition coefficient (Wildman–Crippen LogP) is 0.260. The summed E-state index contributed by atoms with van der Waals surface area (Å²) in [7, 11) is 3.73. The van der Waals surface area contributed by atoms with Crippen molar-refractivity contribution in [3.8, 4) is 0 Å². The Labute approximate surface area is 88.5 Å². The second-order valence-electron chi connectivity index (χ2n) is 4.04. The summed E-state index contributed by atoms with van der Waals surface area (Å²) in [6, 6.07) is 1.82. The fourth-order valence-electron chi connectivity index (χ4n) is 1.79. The number of nitrogens with zero attached hydrogens (tertiary/aromatic N) is 2. The molecule has 1 aromatic heterocycles. The molecule has 82 valence electrons. The van der Waals surface area contributed by atoms with Crippen LogP contribution < -0.4 is 15.8 Å². The van der Waals surface area contributed by atoms with Crippen LogP contribution in [0.15, 0.2) is 10.9 Å². The highest BCUT2D eigenvalue weighted by Crippen LogP contribution is 2.20. The maximum Gasteiger partial charge on any atom is 0.252 e. The zero-order valence-electron chi connectivity index (χ0n) is 9.08. The van der Waals surface area contributed by atoms with Gasteiger partial charge in [0.05, 0.1) is 5.69 Å². The summed E-state index contributed by atoms with van der Waals surface area (Å²) in [5.41, 5.74) is 0.761. The SMILES string of the molecule is CN(C)c1nc(C2CCCN2)cc(=O)[nH]1. The van der Waals surface area contributed by atoms with E-state index < -0.39 is 0 Å². The van der Waals surface area contributed by atoms with Gasteiger partial charge in [0.25, 0.3) is 5.56 Å². The first-order valence-corrected chi connectivity index (χ1v) is 5.19. The molecule has 1 aliphatic heterocycles. The second-order valence-corrected chi connectivity index (χ2v) is 4.04. The van der Waals surface area contributed by atoms with Gasteiger partial charge in [-0.15, -0.1) is 0 Å². The van der Waals surface area contributed by atoms with Crippen molar-refractivity contribution >= 4 is 5.95 Å². The van der Waals surface area contributed by atoms with Crippen LogP contribution in [0.1, 0.15) is 24.6 Å². The largest absolute Gasteiger partial charge is 0.348 e. The van der Waals surface area contributed by atoms with E-state index in [0.717, 1.165) is 25.1 Å². The molecule has 0 bridgehead atoms. The number of rotatable bonds is 2. The topological polar surface area (TPSA) is 61.0 Å². The number of aromatic nitrogens is 2. The molecule has 5 nitrogen and oxygen atoms in total. The van der Waals surface area contributed by atoms with E-state index in [2.05, 4.69) is 15.3 Å². The zero-order valence-corrected chi connectivity index (χ0v) is 9.08. The molecule has 1 atom stereocenters. The van der Waals surface area contributed by atoms with Crippen molar-refractivity contribution in [1.29, 1.82) is 0 Å². The van der Waals surface area contributed by atoms with Gasteiger partial charge in [-0.05, 0) is 19.4 Å². The van der Waals surface area contributed by atoms with Crippen LogP contribution in [-0.2, 0) is 0 Å². The molecule has 1 aliphatic rings. The van der Waals surface area contributed by atoms with E-state index in [1.165, 1.54) is 0 Å². The molecule has 0 amide bonds. The van der Waals surface area contributed by atoms with Crippen molar-refractivity contribution in [2.45, 2.75) is 18.9 Å². The number of anilines is 1. The molecule has 1 saturated heterocycles. The average Bonchev–Trinajstić information content (AvgIpc) is 2.69. The first-order chi connectivity index (χ1) is 7.16. The van der Waals surface area contributed by atoms with Crippen LogP contribution >= 0.6 is 0 Å². The van der Waals surface area contributed by atoms with Gasteiger partial charge in [0.1, 0.15) is 0 Å². The van der Waals surface area contributed by atoms with Crippen LogP contribution in [-0.4, -0.2) is 30.6 Å². The molecule has 1 unspecified atom stereocenters.